The molecule has 3 N–H and O–H groups in total. The molecule has 0 unspecified atom stereocenters. The minimum Gasteiger partial charge on any atom is -0.495 e. The highest BCUT2D eigenvalue weighted by Crippen LogP contribution is 2.30. The topological polar surface area (TPSA) is 66.2 Å². The normalized spacial score (nSPS) is 10.6. The maximum absolute atomic E-state index is 12.6. The zero-order chi connectivity index (χ0) is 19.5. The number of ether oxygens (including phenoxy) is 1. The van der Waals surface area contributed by atoms with Crippen molar-refractivity contribution in [1.82, 2.24) is 4.98 Å². The molecule has 0 aliphatic carbocycles. The van der Waals surface area contributed by atoms with E-state index in [1.807, 2.05) is 67.6 Å². The number of hydrogen-bond acceptors (Lipinski definition) is 2. The number of aryl methyl sites for hydroxylation is 1. The SMILES string of the molecule is COc1ccc(C)cc1NC(=O)Nc1ccccc1-c1cc2ccccc2[nH]1. The quantitative estimate of drug-likeness (QED) is 0.425. The number of hydrogen-bond donors (Lipinski definition) is 3. The summed E-state index contributed by atoms with van der Waals surface area (Å²) in [5, 5.41) is 6.94. The van der Waals surface area contributed by atoms with Gasteiger partial charge in [0, 0.05) is 22.2 Å². The van der Waals surface area contributed by atoms with E-state index in [1.54, 1.807) is 7.11 Å². The van der Waals surface area contributed by atoms with Crippen molar-refractivity contribution in [2.24, 2.45) is 0 Å². The molecule has 0 saturated carbocycles. The molecule has 3 aromatic carbocycles. The summed E-state index contributed by atoms with van der Waals surface area (Å²) in [5.41, 5.74) is 5.31. The first-order valence-electron chi connectivity index (χ1n) is 9.04. The van der Waals surface area contributed by atoms with Gasteiger partial charge in [0.25, 0.3) is 0 Å². The van der Waals surface area contributed by atoms with Gasteiger partial charge in [0.15, 0.2) is 0 Å². The third-order valence-corrected chi connectivity index (χ3v) is 4.60. The van der Waals surface area contributed by atoms with Crippen LogP contribution in [0.3, 0.4) is 0 Å². The van der Waals surface area contributed by atoms with Gasteiger partial charge in [-0.25, -0.2) is 4.79 Å². The molecule has 0 aliphatic rings. The lowest BCUT2D eigenvalue weighted by Gasteiger charge is -2.13. The molecule has 0 bridgehead atoms. The molecule has 4 aromatic rings. The summed E-state index contributed by atoms with van der Waals surface area (Å²) in [4.78, 5) is 16.0. The first kappa shape index (κ1) is 17.7. The summed E-state index contributed by atoms with van der Waals surface area (Å²) in [6.45, 7) is 1.97. The second-order valence-corrected chi connectivity index (χ2v) is 6.60. The highest BCUT2D eigenvalue weighted by atomic mass is 16.5. The fourth-order valence-corrected chi connectivity index (χ4v) is 3.24. The van der Waals surface area contributed by atoms with Crippen LogP contribution in [0.1, 0.15) is 5.56 Å². The third kappa shape index (κ3) is 3.55. The van der Waals surface area contributed by atoms with E-state index in [0.717, 1.165) is 33.4 Å². The van der Waals surface area contributed by atoms with Crippen molar-refractivity contribution in [3.8, 4) is 17.0 Å². The van der Waals surface area contributed by atoms with Gasteiger partial charge in [0.2, 0.25) is 0 Å². The minimum absolute atomic E-state index is 0.326. The van der Waals surface area contributed by atoms with Gasteiger partial charge < -0.3 is 20.4 Å². The lowest BCUT2D eigenvalue weighted by atomic mass is 10.1. The van der Waals surface area contributed by atoms with Gasteiger partial charge >= 0.3 is 6.03 Å². The standard InChI is InChI=1S/C23H21N3O2/c1-15-11-12-22(28-2)21(13-15)26-23(27)25-19-10-6-4-8-17(19)20-14-16-7-3-5-9-18(16)24-20/h3-14,24H,1-2H3,(H2,25,26,27). The monoisotopic (exact) mass is 371 g/mol. The highest BCUT2D eigenvalue weighted by molar-refractivity contribution is 6.03. The molecule has 2 amide bonds. The maximum atomic E-state index is 12.6. The Hall–Kier alpha value is -3.73. The highest BCUT2D eigenvalue weighted by Gasteiger charge is 2.12. The van der Waals surface area contributed by atoms with Crippen molar-refractivity contribution in [2.75, 3.05) is 17.7 Å². The maximum Gasteiger partial charge on any atom is 0.323 e. The van der Waals surface area contributed by atoms with Crippen molar-refractivity contribution >= 4 is 28.3 Å². The third-order valence-electron chi connectivity index (χ3n) is 4.60. The molecule has 0 aliphatic heterocycles. The Balaban J connectivity index is 1.61. The summed E-state index contributed by atoms with van der Waals surface area (Å²) in [6.07, 6.45) is 0. The fraction of sp³-hybridized carbons (Fsp3) is 0.0870. The van der Waals surface area contributed by atoms with Gasteiger partial charge in [0.05, 0.1) is 18.5 Å². The van der Waals surface area contributed by atoms with E-state index in [-0.39, 0.29) is 6.03 Å². The van der Waals surface area contributed by atoms with Crippen LogP contribution in [0.5, 0.6) is 5.75 Å². The second kappa shape index (κ2) is 7.48. The number of aromatic nitrogens is 1. The lowest BCUT2D eigenvalue weighted by Crippen LogP contribution is -2.20. The number of carbonyl (C=O) groups is 1. The van der Waals surface area contributed by atoms with Crippen molar-refractivity contribution in [3.05, 3.63) is 78.4 Å². The summed E-state index contributed by atoms with van der Waals surface area (Å²) in [7, 11) is 1.58. The molecule has 0 radical (unpaired) electrons. The summed E-state index contributed by atoms with van der Waals surface area (Å²) >= 11 is 0. The van der Waals surface area contributed by atoms with E-state index in [2.05, 4.69) is 27.8 Å². The first-order valence-corrected chi connectivity index (χ1v) is 9.04. The van der Waals surface area contributed by atoms with E-state index >= 15 is 0 Å². The van der Waals surface area contributed by atoms with Crippen LogP contribution >= 0.6 is 0 Å². The predicted molar refractivity (Wildman–Crippen MR) is 114 cm³/mol. The van der Waals surface area contributed by atoms with Crippen LogP contribution in [0.25, 0.3) is 22.2 Å². The number of fused-ring (bicyclic) bond motifs is 1. The first-order chi connectivity index (χ1) is 13.6. The van der Waals surface area contributed by atoms with E-state index in [0.29, 0.717) is 11.4 Å². The summed E-state index contributed by atoms with van der Waals surface area (Å²) in [6, 6.07) is 23.2. The Kier molecular flexibility index (Phi) is 4.72. The van der Waals surface area contributed by atoms with Gasteiger partial charge in [0.1, 0.15) is 5.75 Å². The molecule has 5 nitrogen and oxygen atoms in total. The van der Waals surface area contributed by atoms with Crippen LogP contribution < -0.4 is 15.4 Å². The number of aromatic amines is 1. The second-order valence-electron chi connectivity index (χ2n) is 6.60. The molecule has 140 valence electrons. The van der Waals surface area contributed by atoms with E-state index < -0.39 is 0 Å². The van der Waals surface area contributed by atoms with Crippen molar-refractivity contribution in [1.29, 1.82) is 0 Å². The molecule has 0 atom stereocenters. The van der Waals surface area contributed by atoms with Crippen molar-refractivity contribution < 1.29 is 9.53 Å². The van der Waals surface area contributed by atoms with Crippen LogP contribution in [0.4, 0.5) is 16.2 Å². The molecule has 0 spiro atoms. The summed E-state index contributed by atoms with van der Waals surface area (Å²) in [5.74, 6) is 0.615. The van der Waals surface area contributed by atoms with Gasteiger partial charge in [-0.05, 0) is 42.8 Å². The Labute approximate surface area is 163 Å². The van der Waals surface area contributed by atoms with E-state index in [4.69, 9.17) is 4.74 Å². The smallest absolute Gasteiger partial charge is 0.323 e. The van der Waals surface area contributed by atoms with Crippen LogP contribution in [0.2, 0.25) is 0 Å². The van der Waals surface area contributed by atoms with E-state index in [1.165, 1.54) is 0 Å². The van der Waals surface area contributed by atoms with Gasteiger partial charge in [-0.1, -0.05) is 42.5 Å². The minimum atomic E-state index is -0.326. The predicted octanol–water partition coefficient (Wildman–Crippen LogP) is 5.80. The number of amides is 2. The molecule has 4 rings (SSSR count). The molecule has 0 saturated heterocycles. The zero-order valence-electron chi connectivity index (χ0n) is 15.7. The van der Waals surface area contributed by atoms with Crippen LogP contribution in [0.15, 0.2) is 72.8 Å². The van der Waals surface area contributed by atoms with Gasteiger partial charge in [-0.15, -0.1) is 0 Å². The summed E-state index contributed by atoms with van der Waals surface area (Å²) < 4.78 is 5.33. The Bertz CT molecular complexity index is 1110. The number of rotatable bonds is 4. The van der Waals surface area contributed by atoms with Crippen molar-refractivity contribution in [3.63, 3.8) is 0 Å². The number of H-pyrrole nitrogens is 1. The molecule has 28 heavy (non-hydrogen) atoms. The van der Waals surface area contributed by atoms with Crippen LogP contribution in [-0.2, 0) is 0 Å². The average molecular weight is 371 g/mol. The number of urea groups is 1. The molecule has 0 fully saturated rings. The number of methoxy groups -OCH3 is 1. The number of para-hydroxylation sites is 2. The largest absolute Gasteiger partial charge is 0.495 e. The molecular weight excluding hydrogens is 350 g/mol. The molecule has 1 heterocycles. The number of nitrogens with one attached hydrogen (secondary N) is 3. The lowest BCUT2D eigenvalue weighted by molar-refractivity contribution is 0.262. The Morgan fingerprint density at radius 3 is 2.46 bits per heavy atom. The molecular formula is C23H21N3O2. The average Bonchev–Trinajstić information content (AvgIpc) is 3.12. The molecule has 1 aromatic heterocycles. The van der Waals surface area contributed by atoms with E-state index in [9.17, 15) is 4.79 Å². The fourth-order valence-electron chi connectivity index (χ4n) is 3.24. The zero-order valence-corrected chi connectivity index (χ0v) is 15.7. The Morgan fingerprint density at radius 1 is 0.893 bits per heavy atom. The number of anilines is 2. The van der Waals surface area contributed by atoms with Gasteiger partial charge in [-0.2, -0.15) is 0 Å². The molecule has 5 heteroatoms. The Morgan fingerprint density at radius 2 is 1.64 bits per heavy atom. The van der Waals surface area contributed by atoms with Crippen LogP contribution in [-0.4, -0.2) is 18.1 Å². The van der Waals surface area contributed by atoms with Crippen LogP contribution in [0, 0.1) is 6.92 Å². The number of carbonyl (C=O) groups excluding carboxylic acids is 1. The van der Waals surface area contributed by atoms with Crippen molar-refractivity contribution in [2.45, 2.75) is 6.92 Å². The van der Waals surface area contributed by atoms with Gasteiger partial charge in [-0.3, -0.25) is 0 Å². The number of benzene rings is 3.